The van der Waals surface area contributed by atoms with Crippen LogP contribution in [-0.4, -0.2) is 34.1 Å². The van der Waals surface area contributed by atoms with E-state index in [2.05, 4.69) is 27.9 Å². The van der Waals surface area contributed by atoms with Crippen LogP contribution in [0.5, 0.6) is 0 Å². The smallest absolute Gasteiger partial charge is 0.407 e. The van der Waals surface area contributed by atoms with E-state index in [0.717, 1.165) is 9.26 Å². The summed E-state index contributed by atoms with van der Waals surface area (Å²) >= 11 is 2.20. The fourth-order valence-electron chi connectivity index (χ4n) is 1.87. The predicted molar refractivity (Wildman–Crippen MR) is 91.5 cm³/mol. The van der Waals surface area contributed by atoms with Gasteiger partial charge in [0, 0.05) is 27.8 Å². The van der Waals surface area contributed by atoms with Gasteiger partial charge in [0.2, 0.25) is 5.91 Å². The van der Waals surface area contributed by atoms with Gasteiger partial charge in [-0.3, -0.25) is 4.79 Å². The third kappa shape index (κ3) is 6.33. The van der Waals surface area contributed by atoms with Gasteiger partial charge in [-0.2, -0.15) is 0 Å². The minimum Gasteiger partial charge on any atom is -0.465 e. The van der Waals surface area contributed by atoms with Crippen LogP contribution < -0.4 is 5.32 Å². The number of hydrogen-bond acceptors (Lipinski definition) is 2. The van der Waals surface area contributed by atoms with E-state index in [9.17, 15) is 9.59 Å². The second kappa shape index (κ2) is 7.63. The number of amides is 2. The van der Waals surface area contributed by atoms with Crippen molar-refractivity contribution in [3.05, 3.63) is 27.8 Å². The molecule has 1 aromatic rings. The molecule has 0 fully saturated rings. The van der Waals surface area contributed by atoms with Gasteiger partial charge < -0.3 is 15.3 Å². The minimum atomic E-state index is -0.958. The van der Waals surface area contributed by atoms with Crippen LogP contribution in [0.3, 0.4) is 0 Å². The van der Waals surface area contributed by atoms with Crippen molar-refractivity contribution in [2.45, 2.75) is 39.2 Å². The number of nitrogens with one attached hydrogen (secondary N) is 1. The van der Waals surface area contributed by atoms with E-state index in [-0.39, 0.29) is 5.91 Å². The molecule has 0 bridgehead atoms. The van der Waals surface area contributed by atoms with Gasteiger partial charge in [-0.1, -0.05) is 0 Å². The maximum absolute atomic E-state index is 11.8. The molecule has 0 heterocycles. The molecular weight excluding hydrogens is 383 g/mol. The number of hydrogen-bond donors (Lipinski definition) is 2. The summed E-state index contributed by atoms with van der Waals surface area (Å²) in [4.78, 5) is 24.3. The van der Waals surface area contributed by atoms with Crippen molar-refractivity contribution in [3.63, 3.8) is 0 Å². The Balaban J connectivity index is 2.42. The van der Waals surface area contributed by atoms with Crippen molar-refractivity contribution < 1.29 is 14.7 Å². The third-order valence-corrected chi connectivity index (χ3v) is 3.67. The highest BCUT2D eigenvalue weighted by Gasteiger charge is 2.25. The summed E-state index contributed by atoms with van der Waals surface area (Å²) in [5, 5.41) is 12.0. The number of anilines is 1. The Hall–Kier alpha value is -1.31. The molecule has 5 nitrogen and oxygen atoms in total. The average molecular weight is 404 g/mol. The average Bonchev–Trinajstić information content (AvgIpc) is 2.35. The lowest BCUT2D eigenvalue weighted by atomic mass is 10.1. The van der Waals surface area contributed by atoms with Crippen molar-refractivity contribution in [1.29, 1.82) is 0 Å². The molecule has 21 heavy (non-hydrogen) atoms. The molecule has 0 aromatic heterocycles. The van der Waals surface area contributed by atoms with Crippen LogP contribution >= 0.6 is 22.6 Å². The maximum atomic E-state index is 11.8. The second-order valence-corrected chi connectivity index (χ2v) is 7.01. The number of carbonyl (C=O) groups excluding carboxylic acids is 1. The Morgan fingerprint density at radius 2 is 1.81 bits per heavy atom. The van der Waals surface area contributed by atoms with E-state index < -0.39 is 11.6 Å². The molecule has 2 amide bonds. The molecule has 0 aliphatic heterocycles. The maximum Gasteiger partial charge on any atom is 0.407 e. The second-order valence-electron chi connectivity index (χ2n) is 5.76. The lowest BCUT2D eigenvalue weighted by molar-refractivity contribution is -0.116. The molecule has 6 heteroatoms. The zero-order valence-corrected chi connectivity index (χ0v) is 14.7. The standard InChI is InChI=1S/C15H21IN2O3/c1-15(2,3)18(14(20)21)10-4-5-13(19)17-12-8-6-11(16)7-9-12/h6-9H,4-5,10H2,1-3H3,(H,17,19)(H,20,21). The van der Waals surface area contributed by atoms with Crippen LogP contribution in [0.2, 0.25) is 0 Å². The molecular formula is C15H21IN2O3. The van der Waals surface area contributed by atoms with Crippen LogP contribution in [0, 0.1) is 3.57 Å². The fraction of sp³-hybridized carbons (Fsp3) is 0.467. The summed E-state index contributed by atoms with van der Waals surface area (Å²) in [5.74, 6) is -0.101. The Bertz CT molecular complexity index is 495. The number of rotatable bonds is 5. The van der Waals surface area contributed by atoms with Gasteiger partial charge in [-0.25, -0.2) is 4.79 Å². The highest BCUT2D eigenvalue weighted by Crippen LogP contribution is 2.15. The van der Waals surface area contributed by atoms with Crippen LogP contribution in [0.1, 0.15) is 33.6 Å². The highest BCUT2D eigenvalue weighted by molar-refractivity contribution is 14.1. The Labute approximate surface area is 138 Å². The molecule has 1 rings (SSSR count). The molecule has 1 aromatic carbocycles. The van der Waals surface area contributed by atoms with E-state index in [1.165, 1.54) is 4.90 Å². The van der Waals surface area contributed by atoms with E-state index in [1.54, 1.807) is 0 Å². The largest absolute Gasteiger partial charge is 0.465 e. The quantitative estimate of drug-likeness (QED) is 0.734. The fourth-order valence-corrected chi connectivity index (χ4v) is 2.23. The molecule has 0 unspecified atom stereocenters. The van der Waals surface area contributed by atoms with Crippen molar-refractivity contribution in [3.8, 4) is 0 Å². The molecule has 0 saturated carbocycles. The van der Waals surface area contributed by atoms with Crippen LogP contribution in [0.15, 0.2) is 24.3 Å². The summed E-state index contributed by atoms with van der Waals surface area (Å²) in [6.45, 7) is 5.87. The van der Waals surface area contributed by atoms with Gasteiger partial charge in [0.15, 0.2) is 0 Å². The molecule has 0 spiro atoms. The number of carbonyl (C=O) groups is 2. The van der Waals surface area contributed by atoms with E-state index in [1.807, 2.05) is 45.0 Å². The van der Waals surface area contributed by atoms with Gasteiger partial charge in [-0.05, 0) is 74.0 Å². The molecule has 0 saturated heterocycles. The molecule has 0 atom stereocenters. The molecule has 0 aliphatic rings. The summed E-state index contributed by atoms with van der Waals surface area (Å²) in [7, 11) is 0. The number of nitrogens with zero attached hydrogens (tertiary/aromatic N) is 1. The zero-order chi connectivity index (χ0) is 16.0. The third-order valence-electron chi connectivity index (χ3n) is 2.95. The minimum absolute atomic E-state index is 0.101. The Kier molecular flexibility index (Phi) is 6.44. The molecule has 116 valence electrons. The lowest BCUT2D eigenvalue weighted by Gasteiger charge is -2.33. The van der Waals surface area contributed by atoms with Crippen molar-refractivity contribution in [1.82, 2.24) is 4.90 Å². The number of benzene rings is 1. The summed E-state index contributed by atoms with van der Waals surface area (Å²) in [6.07, 6.45) is -0.161. The van der Waals surface area contributed by atoms with Crippen LogP contribution in [0.4, 0.5) is 10.5 Å². The van der Waals surface area contributed by atoms with E-state index >= 15 is 0 Å². The van der Waals surface area contributed by atoms with Crippen molar-refractivity contribution in [2.75, 3.05) is 11.9 Å². The molecule has 0 aliphatic carbocycles. The first kappa shape index (κ1) is 17.7. The highest BCUT2D eigenvalue weighted by atomic mass is 127. The first-order valence-corrected chi connectivity index (χ1v) is 7.84. The van der Waals surface area contributed by atoms with Gasteiger partial charge >= 0.3 is 6.09 Å². The topological polar surface area (TPSA) is 69.6 Å². The Morgan fingerprint density at radius 1 is 1.24 bits per heavy atom. The van der Waals surface area contributed by atoms with Gasteiger partial charge in [0.25, 0.3) is 0 Å². The zero-order valence-electron chi connectivity index (χ0n) is 12.5. The first-order chi connectivity index (χ1) is 9.70. The van der Waals surface area contributed by atoms with Crippen molar-refractivity contribution in [2.24, 2.45) is 0 Å². The van der Waals surface area contributed by atoms with Gasteiger partial charge in [0.05, 0.1) is 0 Å². The van der Waals surface area contributed by atoms with Crippen LogP contribution in [-0.2, 0) is 4.79 Å². The van der Waals surface area contributed by atoms with Crippen LogP contribution in [0.25, 0.3) is 0 Å². The Morgan fingerprint density at radius 3 is 2.29 bits per heavy atom. The SMILES string of the molecule is CC(C)(C)N(CCCC(=O)Nc1ccc(I)cc1)C(=O)O. The normalized spacial score (nSPS) is 11.0. The number of carboxylic acid groups (broad SMARTS) is 1. The van der Waals surface area contributed by atoms with Gasteiger partial charge in [0.1, 0.15) is 0 Å². The lowest BCUT2D eigenvalue weighted by Crippen LogP contribution is -2.45. The monoisotopic (exact) mass is 404 g/mol. The van der Waals surface area contributed by atoms with E-state index in [4.69, 9.17) is 5.11 Å². The number of halogens is 1. The summed E-state index contributed by atoms with van der Waals surface area (Å²) in [5.41, 5.74) is 0.296. The molecule has 0 radical (unpaired) electrons. The summed E-state index contributed by atoms with van der Waals surface area (Å²) in [6, 6.07) is 7.53. The van der Waals surface area contributed by atoms with Gasteiger partial charge in [-0.15, -0.1) is 0 Å². The van der Waals surface area contributed by atoms with E-state index in [0.29, 0.717) is 19.4 Å². The summed E-state index contributed by atoms with van der Waals surface area (Å²) < 4.78 is 1.10. The predicted octanol–water partition coefficient (Wildman–Crippen LogP) is 3.79. The first-order valence-electron chi connectivity index (χ1n) is 6.76. The van der Waals surface area contributed by atoms with Crippen molar-refractivity contribution >= 4 is 40.3 Å². The molecule has 2 N–H and O–H groups in total.